The zero-order valence-corrected chi connectivity index (χ0v) is 15.7. The van der Waals surface area contributed by atoms with Crippen molar-refractivity contribution in [2.24, 2.45) is 0 Å². The minimum atomic E-state index is 0.196. The number of oxazole rings is 1. The fourth-order valence-electron chi connectivity index (χ4n) is 3.32. The van der Waals surface area contributed by atoms with Crippen LogP contribution in [-0.4, -0.2) is 70.3 Å². The summed E-state index contributed by atoms with van der Waals surface area (Å²) in [5.41, 5.74) is 2.43. The predicted octanol–water partition coefficient (Wildman–Crippen LogP) is 1.95. The minimum Gasteiger partial charge on any atom is -0.441 e. The van der Waals surface area contributed by atoms with Gasteiger partial charge in [-0.25, -0.2) is 4.98 Å². The third-order valence-corrected chi connectivity index (χ3v) is 4.90. The molecule has 1 aliphatic heterocycles. The van der Waals surface area contributed by atoms with Gasteiger partial charge in [0.2, 0.25) is 0 Å². The van der Waals surface area contributed by atoms with Gasteiger partial charge in [0.05, 0.1) is 30.9 Å². The Labute approximate surface area is 158 Å². The van der Waals surface area contributed by atoms with E-state index in [4.69, 9.17) is 4.42 Å². The van der Waals surface area contributed by atoms with Crippen LogP contribution < -0.4 is 0 Å². The smallest absolute Gasteiger partial charge is 0.191 e. The molecule has 140 valence electrons. The lowest BCUT2D eigenvalue weighted by Crippen LogP contribution is -2.46. The van der Waals surface area contributed by atoms with Crippen molar-refractivity contribution in [2.75, 3.05) is 39.8 Å². The Morgan fingerprint density at radius 1 is 1.07 bits per heavy atom. The molecular weight excluding hydrogens is 342 g/mol. The molecule has 0 N–H and O–H groups in total. The van der Waals surface area contributed by atoms with Crippen LogP contribution in [-0.2, 0) is 11.2 Å². The van der Waals surface area contributed by atoms with Crippen molar-refractivity contribution in [3.05, 3.63) is 42.3 Å². The monoisotopic (exact) mass is 365 g/mol. The molecule has 4 rings (SSSR count). The molecule has 1 saturated heterocycles. The maximum atomic E-state index is 12.5. The molecule has 0 amide bonds. The molecule has 7 nitrogen and oxygen atoms in total. The fraction of sp³-hybridized carbons (Fsp3) is 0.400. The van der Waals surface area contributed by atoms with E-state index in [1.165, 1.54) is 0 Å². The average Bonchev–Trinajstić information content (AvgIpc) is 3.09. The van der Waals surface area contributed by atoms with Gasteiger partial charge < -0.3 is 9.32 Å². The summed E-state index contributed by atoms with van der Waals surface area (Å²) >= 11 is 0. The Morgan fingerprint density at radius 3 is 2.63 bits per heavy atom. The molecular formula is C20H23N5O2. The zero-order valence-electron chi connectivity index (χ0n) is 15.7. The molecule has 0 saturated carbocycles. The minimum absolute atomic E-state index is 0.196. The van der Waals surface area contributed by atoms with E-state index < -0.39 is 0 Å². The Hall–Kier alpha value is -2.64. The number of nitrogens with zero attached hydrogens (tertiary/aromatic N) is 5. The van der Waals surface area contributed by atoms with Gasteiger partial charge in [0.25, 0.3) is 0 Å². The number of aryl methyl sites for hydroxylation is 1. The number of piperazine rings is 1. The Balaban J connectivity index is 1.48. The van der Waals surface area contributed by atoms with Crippen LogP contribution in [0.4, 0.5) is 0 Å². The second-order valence-electron chi connectivity index (χ2n) is 7.13. The molecule has 0 atom stereocenters. The van der Waals surface area contributed by atoms with Crippen LogP contribution >= 0.6 is 0 Å². The highest BCUT2D eigenvalue weighted by Gasteiger charge is 2.17. The van der Waals surface area contributed by atoms with Crippen LogP contribution in [0.25, 0.3) is 22.2 Å². The molecule has 3 aromatic rings. The summed E-state index contributed by atoms with van der Waals surface area (Å²) in [6, 6.07) is 3.94. The van der Waals surface area contributed by atoms with E-state index in [9.17, 15) is 4.79 Å². The first kappa shape index (κ1) is 17.8. The van der Waals surface area contributed by atoms with Crippen molar-refractivity contribution in [1.82, 2.24) is 24.8 Å². The van der Waals surface area contributed by atoms with Crippen molar-refractivity contribution in [2.45, 2.75) is 13.3 Å². The number of carbonyl (C=O) groups is 1. The van der Waals surface area contributed by atoms with Gasteiger partial charge in [-0.05, 0) is 19.2 Å². The quantitative estimate of drug-likeness (QED) is 0.684. The Kier molecular flexibility index (Phi) is 4.96. The number of rotatable bonds is 5. The number of pyridine rings is 2. The Morgan fingerprint density at radius 2 is 1.89 bits per heavy atom. The topological polar surface area (TPSA) is 75.4 Å². The number of hydrogen-bond acceptors (Lipinski definition) is 7. The molecule has 27 heavy (non-hydrogen) atoms. The molecule has 0 radical (unpaired) electrons. The van der Waals surface area contributed by atoms with Crippen molar-refractivity contribution < 1.29 is 9.21 Å². The lowest BCUT2D eigenvalue weighted by atomic mass is 10.1. The molecule has 3 aromatic heterocycles. The van der Waals surface area contributed by atoms with Crippen LogP contribution in [0.1, 0.15) is 11.6 Å². The normalized spacial score (nSPS) is 16.1. The first-order valence-electron chi connectivity index (χ1n) is 9.17. The summed E-state index contributed by atoms with van der Waals surface area (Å²) in [5.74, 6) is 1.50. The molecule has 0 spiro atoms. The molecule has 0 bridgehead atoms. The number of carbonyl (C=O) groups excluding carboxylic acids is 1. The lowest BCUT2D eigenvalue weighted by Gasteiger charge is -2.31. The van der Waals surface area contributed by atoms with Gasteiger partial charge in [0, 0.05) is 55.9 Å². The van der Waals surface area contributed by atoms with Crippen LogP contribution in [0.15, 0.2) is 35.1 Å². The molecule has 1 fully saturated rings. The lowest BCUT2D eigenvalue weighted by molar-refractivity contribution is -0.120. The van der Waals surface area contributed by atoms with Gasteiger partial charge >= 0.3 is 0 Å². The SMILES string of the molecule is Cc1ncc(-c2cnc3cnc(CC(=O)CN4CCN(C)CC4)cc3c2)o1. The van der Waals surface area contributed by atoms with E-state index in [0.29, 0.717) is 24.6 Å². The van der Waals surface area contributed by atoms with Crippen LogP contribution in [0, 0.1) is 6.92 Å². The summed E-state index contributed by atoms with van der Waals surface area (Å²) in [5, 5.41) is 0.943. The van der Waals surface area contributed by atoms with E-state index in [-0.39, 0.29) is 5.78 Å². The van der Waals surface area contributed by atoms with E-state index in [0.717, 1.165) is 48.3 Å². The predicted molar refractivity (Wildman–Crippen MR) is 102 cm³/mol. The number of hydrogen-bond donors (Lipinski definition) is 0. The fourth-order valence-corrected chi connectivity index (χ4v) is 3.32. The molecule has 0 aliphatic carbocycles. The van der Waals surface area contributed by atoms with Gasteiger partial charge in [-0.3, -0.25) is 19.7 Å². The van der Waals surface area contributed by atoms with Gasteiger partial charge in [0.1, 0.15) is 0 Å². The van der Waals surface area contributed by atoms with Crippen LogP contribution in [0.3, 0.4) is 0 Å². The number of likely N-dealkylation sites (N-methyl/N-ethyl adjacent to an activating group) is 1. The maximum Gasteiger partial charge on any atom is 0.191 e. The van der Waals surface area contributed by atoms with Crippen LogP contribution in [0.2, 0.25) is 0 Å². The molecule has 4 heterocycles. The highest BCUT2D eigenvalue weighted by Crippen LogP contribution is 2.23. The number of fused-ring (bicyclic) bond motifs is 1. The highest BCUT2D eigenvalue weighted by molar-refractivity contribution is 5.85. The molecule has 0 aromatic carbocycles. The molecule has 0 unspecified atom stereocenters. The summed E-state index contributed by atoms with van der Waals surface area (Å²) < 4.78 is 5.58. The third kappa shape index (κ3) is 4.20. The third-order valence-electron chi connectivity index (χ3n) is 4.90. The highest BCUT2D eigenvalue weighted by atomic mass is 16.4. The zero-order chi connectivity index (χ0) is 18.8. The largest absolute Gasteiger partial charge is 0.441 e. The summed E-state index contributed by atoms with van der Waals surface area (Å²) in [6.07, 6.45) is 5.51. The van der Waals surface area contributed by atoms with Gasteiger partial charge in [0.15, 0.2) is 17.4 Å². The maximum absolute atomic E-state index is 12.5. The van der Waals surface area contributed by atoms with E-state index >= 15 is 0 Å². The van der Waals surface area contributed by atoms with E-state index in [2.05, 4.69) is 31.8 Å². The summed E-state index contributed by atoms with van der Waals surface area (Å²) in [6.45, 7) is 6.21. The number of Topliss-reactive ketones (excluding diaryl/α,β-unsaturated/α-hetero) is 1. The van der Waals surface area contributed by atoms with E-state index in [1.807, 2.05) is 19.1 Å². The van der Waals surface area contributed by atoms with Crippen molar-refractivity contribution >= 4 is 16.7 Å². The standard InChI is InChI=1S/C20H23N5O2/c1-14-21-12-20(27-14)16-7-15-8-17(22-11-19(15)23-10-16)9-18(26)13-25-5-3-24(2)4-6-25/h7-8,10-12H,3-6,9,13H2,1-2H3. The summed E-state index contributed by atoms with van der Waals surface area (Å²) in [4.78, 5) is 29.9. The first-order valence-corrected chi connectivity index (χ1v) is 9.17. The second-order valence-corrected chi connectivity index (χ2v) is 7.13. The number of aromatic nitrogens is 3. The van der Waals surface area contributed by atoms with Gasteiger partial charge in [-0.15, -0.1) is 0 Å². The number of ketones is 1. The van der Waals surface area contributed by atoms with Crippen molar-refractivity contribution in [3.63, 3.8) is 0 Å². The molecule has 7 heteroatoms. The molecule has 1 aliphatic rings. The van der Waals surface area contributed by atoms with Gasteiger partial charge in [-0.2, -0.15) is 0 Å². The van der Waals surface area contributed by atoms with E-state index in [1.54, 1.807) is 18.6 Å². The summed E-state index contributed by atoms with van der Waals surface area (Å²) in [7, 11) is 2.11. The van der Waals surface area contributed by atoms with Crippen molar-refractivity contribution in [3.8, 4) is 11.3 Å². The average molecular weight is 365 g/mol. The van der Waals surface area contributed by atoms with Crippen LogP contribution in [0.5, 0.6) is 0 Å². The first-order chi connectivity index (χ1) is 13.1. The van der Waals surface area contributed by atoms with Crippen molar-refractivity contribution in [1.29, 1.82) is 0 Å². The van der Waals surface area contributed by atoms with Gasteiger partial charge in [-0.1, -0.05) is 0 Å². The Bertz CT molecular complexity index is 960. The second kappa shape index (κ2) is 7.54.